The van der Waals surface area contributed by atoms with Gasteiger partial charge in [0.25, 0.3) is 0 Å². The van der Waals surface area contributed by atoms with E-state index >= 15 is 0 Å². The molecule has 0 amide bonds. The molecule has 1 heterocycles. The SMILES string of the molecule is CC(=O)O[C@H]1C(=O)O[C@H](COCc2ccccc2)[C@@H](OCc2ccccc2)[C@@H]1OCc1ccccc1. The molecule has 1 aliphatic heterocycles. The fourth-order valence-electron chi connectivity index (χ4n) is 4.01. The monoisotopic (exact) mass is 490 g/mol. The van der Waals surface area contributed by atoms with Gasteiger partial charge in [0.2, 0.25) is 6.10 Å². The summed E-state index contributed by atoms with van der Waals surface area (Å²) >= 11 is 0. The summed E-state index contributed by atoms with van der Waals surface area (Å²) < 4.78 is 29.4. The third-order valence-corrected chi connectivity index (χ3v) is 5.75. The Morgan fingerprint density at radius 2 is 1.19 bits per heavy atom. The lowest BCUT2D eigenvalue weighted by Crippen LogP contribution is -2.59. The van der Waals surface area contributed by atoms with Crippen molar-refractivity contribution in [2.24, 2.45) is 0 Å². The summed E-state index contributed by atoms with van der Waals surface area (Å²) in [5.74, 6) is -1.29. The van der Waals surface area contributed by atoms with Gasteiger partial charge < -0.3 is 23.7 Å². The van der Waals surface area contributed by atoms with Crippen LogP contribution in [0.4, 0.5) is 0 Å². The Hall–Kier alpha value is -3.52. The highest BCUT2D eigenvalue weighted by atomic mass is 16.7. The largest absolute Gasteiger partial charge is 0.454 e. The Morgan fingerprint density at radius 3 is 1.69 bits per heavy atom. The second-order valence-electron chi connectivity index (χ2n) is 8.53. The van der Waals surface area contributed by atoms with E-state index in [2.05, 4.69) is 0 Å². The number of ether oxygens (including phenoxy) is 5. The van der Waals surface area contributed by atoms with E-state index in [1.807, 2.05) is 91.0 Å². The van der Waals surface area contributed by atoms with Gasteiger partial charge in [0.1, 0.15) is 12.2 Å². The molecule has 1 saturated heterocycles. The predicted molar refractivity (Wildman–Crippen MR) is 132 cm³/mol. The zero-order valence-corrected chi connectivity index (χ0v) is 20.2. The molecule has 1 aliphatic rings. The van der Waals surface area contributed by atoms with Crippen molar-refractivity contribution in [3.05, 3.63) is 108 Å². The van der Waals surface area contributed by atoms with E-state index in [4.69, 9.17) is 23.7 Å². The van der Waals surface area contributed by atoms with Crippen LogP contribution < -0.4 is 0 Å². The van der Waals surface area contributed by atoms with Crippen molar-refractivity contribution in [3.63, 3.8) is 0 Å². The van der Waals surface area contributed by atoms with Crippen LogP contribution in [0.3, 0.4) is 0 Å². The van der Waals surface area contributed by atoms with E-state index < -0.39 is 36.4 Å². The smallest absolute Gasteiger partial charge is 0.350 e. The normalized spacial score (nSPS) is 21.5. The Kier molecular flexibility index (Phi) is 9.21. The molecule has 0 radical (unpaired) electrons. The van der Waals surface area contributed by atoms with Crippen molar-refractivity contribution in [1.82, 2.24) is 0 Å². The molecular weight excluding hydrogens is 460 g/mol. The molecule has 36 heavy (non-hydrogen) atoms. The summed E-state index contributed by atoms with van der Waals surface area (Å²) in [5.41, 5.74) is 2.86. The van der Waals surface area contributed by atoms with E-state index in [1.165, 1.54) is 6.92 Å². The maximum absolute atomic E-state index is 12.9. The van der Waals surface area contributed by atoms with Gasteiger partial charge in [-0.05, 0) is 16.7 Å². The highest BCUT2D eigenvalue weighted by Gasteiger charge is 2.50. The first-order chi connectivity index (χ1) is 17.6. The van der Waals surface area contributed by atoms with Gasteiger partial charge in [0, 0.05) is 6.92 Å². The first-order valence-corrected chi connectivity index (χ1v) is 11.9. The number of cyclic esters (lactones) is 1. The molecule has 3 aromatic carbocycles. The number of esters is 2. The molecule has 188 valence electrons. The molecule has 0 bridgehead atoms. The van der Waals surface area contributed by atoms with Crippen molar-refractivity contribution in [2.45, 2.75) is 51.2 Å². The highest BCUT2D eigenvalue weighted by molar-refractivity contribution is 5.80. The molecule has 0 aromatic heterocycles. The van der Waals surface area contributed by atoms with E-state index in [1.54, 1.807) is 0 Å². The van der Waals surface area contributed by atoms with Crippen LogP contribution in [0, 0.1) is 0 Å². The quantitative estimate of drug-likeness (QED) is 0.372. The maximum atomic E-state index is 12.9. The minimum absolute atomic E-state index is 0.0953. The highest BCUT2D eigenvalue weighted by Crippen LogP contribution is 2.27. The number of hydrogen-bond donors (Lipinski definition) is 0. The van der Waals surface area contributed by atoms with Crippen LogP contribution in [0.1, 0.15) is 23.6 Å². The lowest BCUT2D eigenvalue weighted by Gasteiger charge is -2.40. The zero-order chi connectivity index (χ0) is 25.2. The summed E-state index contributed by atoms with van der Waals surface area (Å²) in [5, 5.41) is 0. The summed E-state index contributed by atoms with van der Waals surface area (Å²) in [6.07, 6.45) is -3.62. The fourth-order valence-corrected chi connectivity index (χ4v) is 4.01. The second-order valence-corrected chi connectivity index (χ2v) is 8.53. The number of hydrogen-bond acceptors (Lipinski definition) is 7. The molecule has 0 unspecified atom stereocenters. The lowest BCUT2D eigenvalue weighted by atomic mass is 9.98. The minimum atomic E-state index is -1.25. The summed E-state index contributed by atoms with van der Waals surface area (Å²) in [4.78, 5) is 24.7. The van der Waals surface area contributed by atoms with E-state index in [0.29, 0.717) is 6.61 Å². The lowest BCUT2D eigenvalue weighted by molar-refractivity contribution is -0.236. The molecule has 0 N–H and O–H groups in total. The van der Waals surface area contributed by atoms with Gasteiger partial charge in [-0.25, -0.2) is 4.79 Å². The average Bonchev–Trinajstić information content (AvgIpc) is 2.90. The molecular formula is C29H30O7. The molecule has 0 saturated carbocycles. The number of carbonyl (C=O) groups excluding carboxylic acids is 2. The van der Waals surface area contributed by atoms with Crippen LogP contribution in [0.5, 0.6) is 0 Å². The summed E-state index contributed by atoms with van der Waals surface area (Å²) in [6.45, 7) is 2.16. The molecule has 4 rings (SSSR count). The molecule has 7 nitrogen and oxygen atoms in total. The topological polar surface area (TPSA) is 80.3 Å². The van der Waals surface area contributed by atoms with Crippen molar-refractivity contribution >= 4 is 11.9 Å². The molecule has 0 aliphatic carbocycles. The predicted octanol–water partition coefficient (Wildman–Crippen LogP) is 4.23. The number of benzene rings is 3. The van der Waals surface area contributed by atoms with Gasteiger partial charge in [-0.1, -0.05) is 91.0 Å². The van der Waals surface area contributed by atoms with Gasteiger partial charge in [0.05, 0.1) is 26.4 Å². The van der Waals surface area contributed by atoms with Crippen LogP contribution in [0.15, 0.2) is 91.0 Å². The Balaban J connectivity index is 1.54. The van der Waals surface area contributed by atoms with Gasteiger partial charge in [-0.15, -0.1) is 0 Å². The van der Waals surface area contributed by atoms with Crippen LogP contribution in [-0.2, 0) is 53.1 Å². The van der Waals surface area contributed by atoms with Crippen molar-refractivity contribution in [2.75, 3.05) is 6.61 Å². The van der Waals surface area contributed by atoms with Gasteiger partial charge in [-0.2, -0.15) is 0 Å². The van der Waals surface area contributed by atoms with Gasteiger partial charge in [-0.3, -0.25) is 4.79 Å². The Bertz CT molecular complexity index is 1090. The Morgan fingerprint density at radius 1 is 0.722 bits per heavy atom. The molecule has 3 aromatic rings. The van der Waals surface area contributed by atoms with E-state index in [0.717, 1.165) is 16.7 Å². The molecule has 4 atom stereocenters. The number of rotatable bonds is 11. The first-order valence-electron chi connectivity index (χ1n) is 11.9. The zero-order valence-electron chi connectivity index (χ0n) is 20.2. The maximum Gasteiger partial charge on any atom is 0.350 e. The van der Waals surface area contributed by atoms with E-state index in [-0.39, 0.29) is 19.8 Å². The van der Waals surface area contributed by atoms with Crippen LogP contribution >= 0.6 is 0 Å². The minimum Gasteiger partial charge on any atom is -0.454 e. The third kappa shape index (κ3) is 7.24. The van der Waals surface area contributed by atoms with Crippen LogP contribution in [0.25, 0.3) is 0 Å². The third-order valence-electron chi connectivity index (χ3n) is 5.75. The van der Waals surface area contributed by atoms with E-state index in [9.17, 15) is 9.59 Å². The van der Waals surface area contributed by atoms with Crippen molar-refractivity contribution in [3.8, 4) is 0 Å². The Labute approximate surface area is 210 Å². The second kappa shape index (κ2) is 13.0. The molecule has 1 fully saturated rings. The molecule has 7 heteroatoms. The number of carbonyl (C=O) groups is 2. The average molecular weight is 491 g/mol. The van der Waals surface area contributed by atoms with Crippen molar-refractivity contribution in [1.29, 1.82) is 0 Å². The van der Waals surface area contributed by atoms with Gasteiger partial charge in [0.15, 0.2) is 6.10 Å². The summed E-state index contributed by atoms with van der Waals surface area (Å²) in [7, 11) is 0. The van der Waals surface area contributed by atoms with Crippen LogP contribution in [0.2, 0.25) is 0 Å². The molecule has 0 spiro atoms. The standard InChI is InChI=1S/C29H30O7/c1-21(30)35-28-27(34-19-24-15-9-4-10-16-24)26(33-18-23-13-7-3-8-14-23)25(36-29(28)31)20-32-17-22-11-5-2-6-12-22/h2-16,25-28H,17-20H2,1H3/t25-,26-,27+,28-/m1/s1. The fraction of sp³-hybridized carbons (Fsp3) is 0.310. The summed E-state index contributed by atoms with van der Waals surface area (Å²) in [6, 6.07) is 28.9. The van der Waals surface area contributed by atoms with Gasteiger partial charge >= 0.3 is 11.9 Å². The van der Waals surface area contributed by atoms with Crippen molar-refractivity contribution < 1.29 is 33.3 Å². The first kappa shape index (κ1) is 25.6. The van der Waals surface area contributed by atoms with Crippen LogP contribution in [-0.4, -0.2) is 43.0 Å².